The van der Waals surface area contributed by atoms with Crippen molar-refractivity contribution in [2.45, 2.75) is 44.6 Å². The van der Waals surface area contributed by atoms with Crippen LogP contribution in [0, 0.1) is 0 Å². The van der Waals surface area contributed by atoms with Crippen molar-refractivity contribution in [2.75, 3.05) is 32.1 Å². The molecule has 100 valence electrons. The number of thioether (sulfide) groups is 1. The van der Waals surface area contributed by atoms with E-state index in [0.717, 1.165) is 31.7 Å². The Morgan fingerprint density at radius 1 is 1.35 bits per heavy atom. The molecule has 1 aliphatic heterocycles. The van der Waals surface area contributed by atoms with Gasteiger partial charge in [-0.25, -0.2) is 0 Å². The SMILES string of the molecule is CSCCCN(C)C(=O)C1CCCCCCN1. The first-order valence-electron chi connectivity index (χ1n) is 6.73. The van der Waals surface area contributed by atoms with Crippen molar-refractivity contribution in [1.29, 1.82) is 0 Å². The Balaban J connectivity index is 2.32. The van der Waals surface area contributed by atoms with Gasteiger partial charge in [-0.15, -0.1) is 0 Å². The zero-order valence-electron chi connectivity index (χ0n) is 11.2. The molecule has 0 aromatic rings. The molecule has 0 bridgehead atoms. The minimum atomic E-state index is 0.0644. The van der Waals surface area contributed by atoms with E-state index in [9.17, 15) is 4.79 Å². The van der Waals surface area contributed by atoms with Crippen molar-refractivity contribution in [3.63, 3.8) is 0 Å². The first-order chi connectivity index (χ1) is 8.25. The maximum absolute atomic E-state index is 12.2. The van der Waals surface area contributed by atoms with Crippen LogP contribution in [0.3, 0.4) is 0 Å². The average Bonchev–Trinajstić information content (AvgIpc) is 2.28. The molecule has 3 nitrogen and oxygen atoms in total. The summed E-state index contributed by atoms with van der Waals surface area (Å²) in [7, 11) is 1.93. The summed E-state index contributed by atoms with van der Waals surface area (Å²) in [5.74, 6) is 1.42. The summed E-state index contributed by atoms with van der Waals surface area (Å²) in [5.41, 5.74) is 0. The van der Waals surface area contributed by atoms with Crippen molar-refractivity contribution in [2.24, 2.45) is 0 Å². The average molecular weight is 258 g/mol. The molecular weight excluding hydrogens is 232 g/mol. The van der Waals surface area contributed by atoms with Crippen LogP contribution in [0.2, 0.25) is 0 Å². The molecule has 1 rings (SSSR count). The van der Waals surface area contributed by atoms with E-state index in [-0.39, 0.29) is 11.9 Å². The predicted molar refractivity (Wildman–Crippen MR) is 75.5 cm³/mol. The molecule has 1 heterocycles. The Morgan fingerprint density at radius 2 is 2.12 bits per heavy atom. The molecule has 0 aliphatic carbocycles. The van der Waals surface area contributed by atoms with E-state index in [0.29, 0.717) is 0 Å². The van der Waals surface area contributed by atoms with Gasteiger partial charge in [-0.05, 0) is 37.8 Å². The fourth-order valence-corrected chi connectivity index (χ4v) is 2.66. The molecule has 4 heteroatoms. The molecule has 0 saturated carbocycles. The van der Waals surface area contributed by atoms with Crippen molar-refractivity contribution >= 4 is 17.7 Å². The molecule has 1 fully saturated rings. The molecular formula is C13H26N2OS. The monoisotopic (exact) mass is 258 g/mol. The molecule has 0 spiro atoms. The second-order valence-corrected chi connectivity index (χ2v) is 5.80. The van der Waals surface area contributed by atoms with E-state index in [2.05, 4.69) is 11.6 Å². The van der Waals surface area contributed by atoms with Crippen LogP contribution in [0.25, 0.3) is 0 Å². The van der Waals surface area contributed by atoms with Crippen LogP contribution in [-0.2, 0) is 4.79 Å². The summed E-state index contributed by atoms with van der Waals surface area (Å²) in [6, 6.07) is 0.0644. The van der Waals surface area contributed by atoms with Gasteiger partial charge in [0, 0.05) is 13.6 Å². The van der Waals surface area contributed by atoms with Crippen molar-refractivity contribution in [3.8, 4) is 0 Å². The highest BCUT2D eigenvalue weighted by Gasteiger charge is 2.21. The number of rotatable bonds is 5. The van der Waals surface area contributed by atoms with Crippen molar-refractivity contribution in [1.82, 2.24) is 10.2 Å². The second-order valence-electron chi connectivity index (χ2n) is 4.82. The van der Waals surface area contributed by atoms with Gasteiger partial charge in [-0.1, -0.05) is 19.3 Å². The quantitative estimate of drug-likeness (QED) is 0.767. The lowest BCUT2D eigenvalue weighted by Gasteiger charge is -2.26. The number of carbonyl (C=O) groups is 1. The number of nitrogens with one attached hydrogen (secondary N) is 1. The highest BCUT2D eigenvalue weighted by molar-refractivity contribution is 7.98. The summed E-state index contributed by atoms with van der Waals surface area (Å²) in [6.07, 6.45) is 9.18. The van der Waals surface area contributed by atoms with Crippen LogP contribution >= 0.6 is 11.8 Å². The lowest BCUT2D eigenvalue weighted by Crippen LogP contribution is -2.46. The molecule has 17 heavy (non-hydrogen) atoms. The molecule has 1 aliphatic rings. The van der Waals surface area contributed by atoms with Crippen LogP contribution in [0.4, 0.5) is 0 Å². The van der Waals surface area contributed by atoms with Gasteiger partial charge in [0.25, 0.3) is 0 Å². The largest absolute Gasteiger partial charge is 0.344 e. The van der Waals surface area contributed by atoms with Gasteiger partial charge in [-0.3, -0.25) is 4.79 Å². The zero-order chi connectivity index (χ0) is 12.5. The van der Waals surface area contributed by atoms with Crippen LogP contribution in [-0.4, -0.2) is 49.0 Å². The third kappa shape index (κ3) is 5.77. The molecule has 0 aromatic heterocycles. The number of nitrogens with zero attached hydrogens (tertiary/aromatic N) is 1. The van der Waals surface area contributed by atoms with Gasteiger partial charge >= 0.3 is 0 Å². The van der Waals surface area contributed by atoms with Crippen molar-refractivity contribution < 1.29 is 4.79 Å². The molecule has 1 saturated heterocycles. The number of hydrogen-bond acceptors (Lipinski definition) is 3. The normalized spacial score (nSPS) is 21.6. The molecule has 0 aromatic carbocycles. The molecule has 0 radical (unpaired) electrons. The summed E-state index contributed by atoms with van der Waals surface area (Å²) in [6.45, 7) is 1.88. The van der Waals surface area contributed by atoms with Gasteiger partial charge in [0.05, 0.1) is 6.04 Å². The van der Waals surface area contributed by atoms with Crippen LogP contribution in [0.5, 0.6) is 0 Å². The van der Waals surface area contributed by atoms with Gasteiger partial charge in [0.15, 0.2) is 0 Å². The first-order valence-corrected chi connectivity index (χ1v) is 8.12. The first kappa shape index (κ1) is 14.8. The van der Waals surface area contributed by atoms with Gasteiger partial charge < -0.3 is 10.2 Å². The van der Waals surface area contributed by atoms with Gasteiger partial charge in [0.2, 0.25) is 5.91 Å². The molecule has 1 amide bonds. The minimum absolute atomic E-state index is 0.0644. The maximum Gasteiger partial charge on any atom is 0.239 e. The Hall–Kier alpha value is -0.220. The lowest BCUT2D eigenvalue weighted by atomic mass is 10.0. The Labute approximate surface area is 110 Å². The smallest absolute Gasteiger partial charge is 0.239 e. The highest BCUT2D eigenvalue weighted by atomic mass is 32.2. The van der Waals surface area contributed by atoms with E-state index in [1.165, 1.54) is 25.7 Å². The Kier molecular flexibility index (Phi) is 7.69. The van der Waals surface area contributed by atoms with Gasteiger partial charge in [-0.2, -0.15) is 11.8 Å². The fraction of sp³-hybridized carbons (Fsp3) is 0.923. The number of hydrogen-bond donors (Lipinski definition) is 1. The third-order valence-corrected chi connectivity index (χ3v) is 4.02. The van der Waals surface area contributed by atoms with E-state index in [1.54, 1.807) is 0 Å². The van der Waals surface area contributed by atoms with E-state index in [4.69, 9.17) is 0 Å². The van der Waals surface area contributed by atoms with Crippen molar-refractivity contribution in [3.05, 3.63) is 0 Å². The lowest BCUT2D eigenvalue weighted by molar-refractivity contribution is -0.132. The van der Waals surface area contributed by atoms with Crippen LogP contribution in [0.1, 0.15) is 38.5 Å². The standard InChI is InChI=1S/C13H26N2OS/c1-15(10-7-11-17-2)13(16)12-8-5-3-4-6-9-14-12/h12,14H,3-11H2,1-2H3. The maximum atomic E-state index is 12.2. The Bertz CT molecular complexity index is 215. The summed E-state index contributed by atoms with van der Waals surface area (Å²) in [4.78, 5) is 14.1. The predicted octanol–water partition coefficient (Wildman–Crippen LogP) is 2.12. The summed E-state index contributed by atoms with van der Waals surface area (Å²) >= 11 is 1.84. The van der Waals surface area contributed by atoms with Crippen LogP contribution < -0.4 is 5.32 Å². The van der Waals surface area contributed by atoms with Crippen LogP contribution in [0.15, 0.2) is 0 Å². The molecule has 1 N–H and O–H groups in total. The highest BCUT2D eigenvalue weighted by Crippen LogP contribution is 2.11. The number of likely N-dealkylation sites (N-methyl/N-ethyl adjacent to an activating group) is 1. The fourth-order valence-electron chi connectivity index (χ4n) is 2.24. The Morgan fingerprint density at radius 3 is 2.88 bits per heavy atom. The topological polar surface area (TPSA) is 32.3 Å². The zero-order valence-corrected chi connectivity index (χ0v) is 12.0. The second kappa shape index (κ2) is 8.81. The molecule has 1 unspecified atom stereocenters. The number of amides is 1. The van der Waals surface area contributed by atoms with Gasteiger partial charge in [0.1, 0.15) is 0 Å². The number of carbonyl (C=O) groups excluding carboxylic acids is 1. The minimum Gasteiger partial charge on any atom is -0.344 e. The van der Waals surface area contributed by atoms with E-state index in [1.807, 2.05) is 23.7 Å². The molecule has 1 atom stereocenters. The summed E-state index contributed by atoms with van der Waals surface area (Å²) < 4.78 is 0. The van der Waals surface area contributed by atoms with E-state index >= 15 is 0 Å². The van der Waals surface area contributed by atoms with E-state index < -0.39 is 0 Å². The third-order valence-electron chi connectivity index (χ3n) is 3.33. The summed E-state index contributed by atoms with van der Waals surface area (Å²) in [5, 5.41) is 3.40.